The molecule has 0 bridgehead atoms. The van der Waals surface area contributed by atoms with Crippen molar-refractivity contribution in [3.05, 3.63) is 0 Å². The van der Waals surface area contributed by atoms with E-state index in [-0.39, 0.29) is 0 Å². The van der Waals surface area contributed by atoms with Crippen LogP contribution in [-0.4, -0.2) is 25.0 Å². The molecule has 0 aromatic rings. The molecule has 2 fully saturated rings. The zero-order valence-electron chi connectivity index (χ0n) is 8.59. The predicted octanol–water partition coefficient (Wildman–Crippen LogP) is 2.23. The van der Waals surface area contributed by atoms with Gasteiger partial charge >= 0.3 is 0 Å². The fraction of sp³-hybridized carbons (Fsp3) is 1.00. The Kier molecular flexibility index (Phi) is 2.16. The number of hydrogen-bond acceptors (Lipinski definition) is 1. The van der Waals surface area contributed by atoms with Crippen molar-refractivity contribution in [3.63, 3.8) is 0 Å². The fourth-order valence-corrected chi connectivity index (χ4v) is 3.39. The summed E-state index contributed by atoms with van der Waals surface area (Å²) in [6, 6.07) is 0. The van der Waals surface area contributed by atoms with Crippen molar-refractivity contribution in [1.29, 1.82) is 0 Å². The Bertz CT molecular complexity index is 166. The van der Waals surface area contributed by atoms with Crippen molar-refractivity contribution in [1.82, 2.24) is 4.90 Å². The average molecular weight is 167 g/mol. The third-order valence-electron chi connectivity index (χ3n) is 4.09. The first-order valence-corrected chi connectivity index (χ1v) is 5.37. The van der Waals surface area contributed by atoms with Crippen LogP contribution in [0.5, 0.6) is 0 Å². The SMILES string of the molecule is C[C@@H]1CN(C)C[C@@H]2C1CC[C@@H]2C. The van der Waals surface area contributed by atoms with Crippen LogP contribution < -0.4 is 0 Å². The van der Waals surface area contributed by atoms with Crippen LogP contribution in [0.2, 0.25) is 0 Å². The van der Waals surface area contributed by atoms with Gasteiger partial charge in [0.1, 0.15) is 0 Å². The Morgan fingerprint density at radius 2 is 1.67 bits per heavy atom. The summed E-state index contributed by atoms with van der Waals surface area (Å²) in [6.45, 7) is 7.56. The zero-order valence-corrected chi connectivity index (χ0v) is 8.59. The van der Waals surface area contributed by atoms with Crippen LogP contribution >= 0.6 is 0 Å². The van der Waals surface area contributed by atoms with Crippen molar-refractivity contribution < 1.29 is 0 Å². The first-order valence-electron chi connectivity index (χ1n) is 5.37. The molecule has 1 saturated carbocycles. The molecule has 70 valence electrons. The van der Waals surface area contributed by atoms with Crippen molar-refractivity contribution in [2.45, 2.75) is 26.7 Å². The van der Waals surface area contributed by atoms with Gasteiger partial charge in [-0.2, -0.15) is 0 Å². The van der Waals surface area contributed by atoms with Gasteiger partial charge in [0.25, 0.3) is 0 Å². The molecule has 0 spiro atoms. The fourth-order valence-electron chi connectivity index (χ4n) is 3.39. The lowest BCUT2D eigenvalue weighted by atomic mass is 9.79. The van der Waals surface area contributed by atoms with E-state index >= 15 is 0 Å². The lowest BCUT2D eigenvalue weighted by molar-refractivity contribution is 0.0927. The van der Waals surface area contributed by atoms with Crippen molar-refractivity contribution >= 4 is 0 Å². The minimum Gasteiger partial charge on any atom is -0.306 e. The summed E-state index contributed by atoms with van der Waals surface area (Å²) < 4.78 is 0. The zero-order chi connectivity index (χ0) is 8.72. The molecule has 1 aliphatic carbocycles. The van der Waals surface area contributed by atoms with Gasteiger partial charge in [0.15, 0.2) is 0 Å². The van der Waals surface area contributed by atoms with Gasteiger partial charge in [0.2, 0.25) is 0 Å². The maximum atomic E-state index is 2.52. The number of rotatable bonds is 0. The number of likely N-dealkylation sites (tertiary alicyclic amines) is 1. The highest BCUT2D eigenvalue weighted by Gasteiger charge is 2.40. The van der Waals surface area contributed by atoms with Crippen LogP contribution in [0.4, 0.5) is 0 Å². The van der Waals surface area contributed by atoms with Crippen molar-refractivity contribution in [2.24, 2.45) is 23.7 Å². The van der Waals surface area contributed by atoms with E-state index in [4.69, 9.17) is 0 Å². The second-order valence-electron chi connectivity index (χ2n) is 5.08. The molecular weight excluding hydrogens is 146 g/mol. The molecule has 0 amide bonds. The highest BCUT2D eigenvalue weighted by atomic mass is 15.1. The van der Waals surface area contributed by atoms with Gasteiger partial charge in [-0.25, -0.2) is 0 Å². The quantitative estimate of drug-likeness (QED) is 0.535. The number of hydrogen-bond donors (Lipinski definition) is 0. The van der Waals surface area contributed by atoms with Gasteiger partial charge in [0.05, 0.1) is 0 Å². The minimum absolute atomic E-state index is 0.943. The van der Waals surface area contributed by atoms with Crippen molar-refractivity contribution in [3.8, 4) is 0 Å². The molecule has 4 atom stereocenters. The summed E-state index contributed by atoms with van der Waals surface area (Å²) in [7, 11) is 2.28. The monoisotopic (exact) mass is 167 g/mol. The molecule has 1 aliphatic heterocycles. The normalized spacial score (nSPS) is 49.2. The molecule has 0 aromatic carbocycles. The van der Waals surface area contributed by atoms with E-state index in [1.54, 1.807) is 0 Å². The smallest absolute Gasteiger partial charge is 0.00120 e. The van der Waals surface area contributed by atoms with Crippen molar-refractivity contribution in [2.75, 3.05) is 20.1 Å². The largest absolute Gasteiger partial charge is 0.306 e. The molecule has 12 heavy (non-hydrogen) atoms. The first kappa shape index (κ1) is 8.55. The summed E-state index contributed by atoms with van der Waals surface area (Å²) in [5, 5.41) is 0. The molecule has 1 heteroatoms. The van der Waals surface area contributed by atoms with Crippen LogP contribution in [0.15, 0.2) is 0 Å². The summed E-state index contributed by atoms with van der Waals surface area (Å²) >= 11 is 0. The number of nitrogens with zero attached hydrogens (tertiary/aromatic N) is 1. The van der Waals surface area contributed by atoms with E-state index in [2.05, 4.69) is 25.8 Å². The standard InChI is InChI=1S/C11H21N/c1-8-4-5-10-9(2)6-12(3)7-11(8)10/h8-11H,4-7H2,1-3H3/t8-,9+,10?,11-/m0/s1. The maximum Gasteiger partial charge on any atom is 0.00120 e. The van der Waals surface area contributed by atoms with Crippen LogP contribution in [0.1, 0.15) is 26.7 Å². The highest BCUT2D eigenvalue weighted by Crippen LogP contribution is 2.43. The summed E-state index contributed by atoms with van der Waals surface area (Å²) in [5.74, 6) is 3.99. The Balaban J connectivity index is 2.08. The third kappa shape index (κ3) is 1.28. The Hall–Kier alpha value is -0.0400. The molecule has 2 rings (SSSR count). The van der Waals surface area contributed by atoms with Gasteiger partial charge < -0.3 is 4.90 Å². The summed E-state index contributed by atoms with van der Waals surface area (Å²) in [6.07, 6.45) is 2.98. The van der Waals surface area contributed by atoms with E-state index in [0.717, 1.165) is 23.7 Å². The number of fused-ring (bicyclic) bond motifs is 1. The lowest BCUT2D eigenvalue weighted by Crippen LogP contribution is -2.42. The van der Waals surface area contributed by atoms with E-state index in [0.29, 0.717) is 0 Å². The van der Waals surface area contributed by atoms with E-state index in [9.17, 15) is 0 Å². The van der Waals surface area contributed by atoms with Crippen LogP contribution in [0, 0.1) is 23.7 Å². The Morgan fingerprint density at radius 3 is 2.42 bits per heavy atom. The molecule has 1 nitrogen and oxygen atoms in total. The van der Waals surface area contributed by atoms with Crippen LogP contribution in [0.25, 0.3) is 0 Å². The molecule has 1 unspecified atom stereocenters. The molecule has 0 N–H and O–H groups in total. The molecule has 1 heterocycles. The maximum absolute atomic E-state index is 2.52. The molecule has 0 aromatic heterocycles. The first-order chi connectivity index (χ1) is 5.68. The Morgan fingerprint density at radius 1 is 0.917 bits per heavy atom. The summed E-state index contributed by atoms with van der Waals surface area (Å²) in [5.41, 5.74) is 0. The minimum atomic E-state index is 0.943. The van der Waals surface area contributed by atoms with E-state index in [1.807, 2.05) is 0 Å². The van der Waals surface area contributed by atoms with E-state index in [1.165, 1.54) is 25.9 Å². The van der Waals surface area contributed by atoms with Gasteiger partial charge in [-0.3, -0.25) is 0 Å². The second kappa shape index (κ2) is 3.02. The van der Waals surface area contributed by atoms with Gasteiger partial charge in [-0.05, 0) is 37.1 Å². The van der Waals surface area contributed by atoms with Crippen LogP contribution in [0.3, 0.4) is 0 Å². The summed E-state index contributed by atoms with van der Waals surface area (Å²) in [4.78, 5) is 2.52. The van der Waals surface area contributed by atoms with E-state index < -0.39 is 0 Å². The average Bonchev–Trinajstić information content (AvgIpc) is 2.33. The lowest BCUT2D eigenvalue weighted by Gasteiger charge is -2.39. The van der Waals surface area contributed by atoms with Gasteiger partial charge in [-0.1, -0.05) is 20.3 Å². The number of piperidine rings is 1. The highest BCUT2D eigenvalue weighted by molar-refractivity contribution is 4.91. The van der Waals surface area contributed by atoms with Crippen LogP contribution in [-0.2, 0) is 0 Å². The molecule has 0 radical (unpaired) electrons. The third-order valence-corrected chi connectivity index (χ3v) is 4.09. The topological polar surface area (TPSA) is 3.24 Å². The Labute approximate surface area is 76.1 Å². The molecule has 1 saturated heterocycles. The molecular formula is C11H21N. The second-order valence-corrected chi connectivity index (χ2v) is 5.08. The predicted molar refractivity (Wildman–Crippen MR) is 52.0 cm³/mol. The van der Waals surface area contributed by atoms with Gasteiger partial charge in [-0.15, -0.1) is 0 Å². The van der Waals surface area contributed by atoms with Gasteiger partial charge in [0, 0.05) is 13.1 Å². The molecule has 2 aliphatic rings.